The fourth-order valence-corrected chi connectivity index (χ4v) is 2.72. The molecule has 2 rings (SSSR count). The number of primary amides is 1. The fraction of sp³-hybridized carbons (Fsp3) is 0.143. The van der Waals surface area contributed by atoms with Crippen molar-refractivity contribution in [2.75, 3.05) is 12.3 Å². The first-order valence-corrected chi connectivity index (χ1v) is 6.87. The number of amides is 1. The normalized spacial score (nSPS) is 10.2. The van der Waals surface area contributed by atoms with Crippen LogP contribution in [0, 0.1) is 0 Å². The molecule has 104 valence electrons. The molecule has 6 heteroatoms. The summed E-state index contributed by atoms with van der Waals surface area (Å²) < 4.78 is 5.00. The SMILES string of the molecule is CCOC(=O)c1c(-c2ccccc2C(N)=O)csc1N. The first-order valence-electron chi connectivity index (χ1n) is 5.99. The summed E-state index contributed by atoms with van der Waals surface area (Å²) in [6, 6.07) is 6.82. The van der Waals surface area contributed by atoms with Crippen LogP contribution in [-0.2, 0) is 4.74 Å². The van der Waals surface area contributed by atoms with E-state index >= 15 is 0 Å². The molecule has 1 aromatic heterocycles. The van der Waals surface area contributed by atoms with Crippen molar-refractivity contribution < 1.29 is 14.3 Å². The van der Waals surface area contributed by atoms with E-state index in [0.29, 0.717) is 21.7 Å². The number of nitrogens with two attached hydrogens (primary N) is 2. The van der Waals surface area contributed by atoms with Gasteiger partial charge < -0.3 is 16.2 Å². The molecule has 0 aliphatic carbocycles. The molecule has 1 aromatic carbocycles. The molecule has 0 fully saturated rings. The lowest BCUT2D eigenvalue weighted by Gasteiger charge is -2.08. The van der Waals surface area contributed by atoms with Crippen LogP contribution >= 0.6 is 11.3 Å². The van der Waals surface area contributed by atoms with E-state index in [1.54, 1.807) is 36.6 Å². The van der Waals surface area contributed by atoms with Gasteiger partial charge in [-0.2, -0.15) is 0 Å². The van der Waals surface area contributed by atoms with Crippen LogP contribution in [0.3, 0.4) is 0 Å². The van der Waals surface area contributed by atoms with Crippen LogP contribution < -0.4 is 11.5 Å². The Morgan fingerprint density at radius 1 is 1.25 bits per heavy atom. The first-order chi connectivity index (χ1) is 9.56. The summed E-state index contributed by atoms with van der Waals surface area (Å²) in [5.41, 5.74) is 13.0. The average molecular weight is 290 g/mol. The van der Waals surface area contributed by atoms with E-state index in [1.165, 1.54) is 11.3 Å². The third kappa shape index (κ3) is 2.50. The van der Waals surface area contributed by atoms with Crippen molar-refractivity contribution >= 4 is 28.2 Å². The highest BCUT2D eigenvalue weighted by atomic mass is 32.1. The largest absolute Gasteiger partial charge is 0.462 e. The maximum absolute atomic E-state index is 12.0. The Morgan fingerprint density at radius 2 is 1.95 bits per heavy atom. The van der Waals surface area contributed by atoms with Gasteiger partial charge in [-0.25, -0.2) is 4.79 Å². The molecule has 0 spiro atoms. The van der Waals surface area contributed by atoms with Crippen molar-refractivity contribution in [3.63, 3.8) is 0 Å². The van der Waals surface area contributed by atoms with Crippen molar-refractivity contribution in [3.8, 4) is 11.1 Å². The number of rotatable bonds is 4. The summed E-state index contributed by atoms with van der Waals surface area (Å²) in [7, 11) is 0. The van der Waals surface area contributed by atoms with E-state index in [4.69, 9.17) is 16.2 Å². The molecular weight excluding hydrogens is 276 g/mol. The minimum absolute atomic E-state index is 0.255. The molecule has 0 radical (unpaired) electrons. The van der Waals surface area contributed by atoms with Crippen LogP contribution in [0.4, 0.5) is 5.00 Å². The summed E-state index contributed by atoms with van der Waals surface area (Å²) in [5.74, 6) is -1.05. The van der Waals surface area contributed by atoms with Gasteiger partial charge in [-0.15, -0.1) is 11.3 Å². The van der Waals surface area contributed by atoms with Gasteiger partial charge in [0.05, 0.1) is 6.61 Å². The van der Waals surface area contributed by atoms with Crippen molar-refractivity contribution in [1.82, 2.24) is 0 Å². The molecule has 0 saturated carbocycles. The van der Waals surface area contributed by atoms with Crippen LogP contribution in [0.1, 0.15) is 27.6 Å². The Kier molecular flexibility index (Phi) is 4.05. The number of carbonyl (C=O) groups excluding carboxylic acids is 2. The van der Waals surface area contributed by atoms with Crippen LogP contribution in [0.2, 0.25) is 0 Å². The molecule has 0 atom stereocenters. The van der Waals surface area contributed by atoms with Crippen molar-refractivity contribution in [1.29, 1.82) is 0 Å². The molecule has 0 unspecified atom stereocenters. The Morgan fingerprint density at radius 3 is 2.60 bits per heavy atom. The number of anilines is 1. The van der Waals surface area contributed by atoms with E-state index in [1.807, 2.05) is 0 Å². The Labute approximate surface area is 120 Å². The summed E-state index contributed by atoms with van der Waals surface area (Å²) in [6.07, 6.45) is 0. The number of carbonyl (C=O) groups is 2. The van der Waals surface area contributed by atoms with Crippen LogP contribution in [0.15, 0.2) is 29.6 Å². The number of thiophene rings is 1. The molecule has 0 saturated heterocycles. The highest BCUT2D eigenvalue weighted by Gasteiger charge is 2.22. The molecular formula is C14H14N2O3S. The predicted molar refractivity (Wildman–Crippen MR) is 78.6 cm³/mol. The van der Waals surface area contributed by atoms with Gasteiger partial charge in [-0.3, -0.25) is 4.79 Å². The van der Waals surface area contributed by atoms with E-state index < -0.39 is 11.9 Å². The Balaban J connectivity index is 2.60. The number of hydrogen-bond donors (Lipinski definition) is 2. The summed E-state index contributed by atoms with van der Waals surface area (Å²) in [4.78, 5) is 23.5. The summed E-state index contributed by atoms with van der Waals surface area (Å²) in [6.45, 7) is 1.97. The highest BCUT2D eigenvalue weighted by molar-refractivity contribution is 7.15. The van der Waals surface area contributed by atoms with E-state index in [9.17, 15) is 9.59 Å². The molecule has 4 N–H and O–H groups in total. The highest BCUT2D eigenvalue weighted by Crippen LogP contribution is 2.35. The quantitative estimate of drug-likeness (QED) is 0.844. The lowest BCUT2D eigenvalue weighted by molar-refractivity contribution is 0.0529. The van der Waals surface area contributed by atoms with E-state index in [2.05, 4.69) is 0 Å². The molecule has 2 aromatic rings. The van der Waals surface area contributed by atoms with Crippen LogP contribution in [-0.4, -0.2) is 18.5 Å². The van der Waals surface area contributed by atoms with Gasteiger partial charge in [0.2, 0.25) is 5.91 Å². The van der Waals surface area contributed by atoms with E-state index in [0.717, 1.165) is 0 Å². The van der Waals surface area contributed by atoms with Gasteiger partial charge in [0.15, 0.2) is 0 Å². The number of esters is 1. The average Bonchev–Trinajstić information content (AvgIpc) is 2.80. The van der Waals surface area contributed by atoms with Gasteiger partial charge >= 0.3 is 5.97 Å². The number of benzene rings is 1. The van der Waals surface area contributed by atoms with Crippen molar-refractivity contribution in [2.45, 2.75) is 6.92 Å². The maximum atomic E-state index is 12.0. The van der Waals surface area contributed by atoms with Crippen LogP contribution in [0.25, 0.3) is 11.1 Å². The fourth-order valence-electron chi connectivity index (χ4n) is 1.92. The zero-order valence-corrected chi connectivity index (χ0v) is 11.7. The van der Waals surface area contributed by atoms with Gasteiger partial charge in [-0.1, -0.05) is 18.2 Å². The van der Waals surface area contributed by atoms with E-state index in [-0.39, 0.29) is 12.2 Å². The molecule has 20 heavy (non-hydrogen) atoms. The van der Waals surface area contributed by atoms with Gasteiger partial charge in [0.1, 0.15) is 10.6 Å². The topological polar surface area (TPSA) is 95.4 Å². The Bertz CT molecular complexity index is 664. The number of nitrogen functional groups attached to an aromatic ring is 1. The minimum atomic E-state index is -0.555. The van der Waals surface area contributed by atoms with Gasteiger partial charge in [-0.05, 0) is 18.6 Å². The first kappa shape index (κ1) is 14.1. The predicted octanol–water partition coefficient (Wildman–Crippen LogP) is 2.27. The zero-order valence-electron chi connectivity index (χ0n) is 10.9. The van der Waals surface area contributed by atoms with Crippen molar-refractivity contribution in [2.24, 2.45) is 5.73 Å². The zero-order chi connectivity index (χ0) is 14.7. The maximum Gasteiger partial charge on any atom is 0.341 e. The second-order valence-corrected chi connectivity index (χ2v) is 4.93. The molecule has 1 amide bonds. The standard InChI is InChI=1S/C14H14N2O3S/c1-2-19-14(18)11-10(7-20-13(11)16)8-5-3-4-6-9(8)12(15)17/h3-7H,2,16H2,1H3,(H2,15,17). The monoisotopic (exact) mass is 290 g/mol. The number of hydrogen-bond acceptors (Lipinski definition) is 5. The van der Waals surface area contributed by atoms with Gasteiger partial charge in [0, 0.05) is 16.5 Å². The lowest BCUT2D eigenvalue weighted by atomic mass is 9.98. The Hall–Kier alpha value is -2.34. The summed E-state index contributed by atoms with van der Waals surface area (Å²) in [5, 5.41) is 2.08. The minimum Gasteiger partial charge on any atom is -0.462 e. The second-order valence-electron chi connectivity index (χ2n) is 4.02. The van der Waals surface area contributed by atoms with Gasteiger partial charge in [0.25, 0.3) is 0 Å². The third-order valence-electron chi connectivity index (χ3n) is 2.78. The smallest absolute Gasteiger partial charge is 0.341 e. The second kappa shape index (κ2) is 5.75. The van der Waals surface area contributed by atoms with Crippen LogP contribution in [0.5, 0.6) is 0 Å². The molecule has 5 nitrogen and oxygen atoms in total. The molecule has 0 bridgehead atoms. The molecule has 0 aliphatic heterocycles. The summed E-state index contributed by atoms with van der Waals surface area (Å²) >= 11 is 1.23. The molecule has 1 heterocycles. The third-order valence-corrected chi connectivity index (χ3v) is 3.59. The molecule has 0 aliphatic rings. The van der Waals surface area contributed by atoms with Crippen molar-refractivity contribution in [3.05, 3.63) is 40.8 Å². The lowest BCUT2D eigenvalue weighted by Crippen LogP contribution is -2.13. The number of ether oxygens (including phenoxy) is 1.